The maximum absolute atomic E-state index is 13.7. The maximum atomic E-state index is 13.7. The Hall–Kier alpha value is -2.76. The normalized spacial score (nSPS) is 10.9. The number of oxazole rings is 1. The number of halogens is 2. The number of para-hydroxylation sites is 1. The topological polar surface area (TPSA) is 63.3 Å². The Labute approximate surface area is 111 Å². The Morgan fingerprint density at radius 2 is 2.00 bits per heavy atom. The van der Waals surface area contributed by atoms with Gasteiger partial charge < -0.3 is 9.52 Å². The van der Waals surface area contributed by atoms with Crippen LogP contribution in [-0.2, 0) is 0 Å². The summed E-state index contributed by atoms with van der Waals surface area (Å²) in [5, 5.41) is 9.05. The molecule has 6 heteroatoms. The standard InChI is InChI=1S/C14H7F2NO3/c15-7-4-5-10(16)9(6-7)13-17-12-8(14(18)19)2-1-3-11(12)20-13/h1-6H,(H,18,19). The van der Waals surface area contributed by atoms with Gasteiger partial charge in [-0.3, -0.25) is 0 Å². The Balaban J connectivity index is 2.26. The number of carbonyl (C=O) groups is 1. The van der Waals surface area contributed by atoms with Crippen molar-refractivity contribution in [1.82, 2.24) is 4.98 Å². The molecule has 0 spiro atoms. The van der Waals surface area contributed by atoms with Crippen LogP contribution in [0.1, 0.15) is 10.4 Å². The van der Waals surface area contributed by atoms with Gasteiger partial charge in [0.15, 0.2) is 5.58 Å². The third kappa shape index (κ3) is 1.91. The lowest BCUT2D eigenvalue weighted by Crippen LogP contribution is -1.96. The van der Waals surface area contributed by atoms with Crippen LogP contribution in [0, 0.1) is 11.6 Å². The highest BCUT2D eigenvalue weighted by molar-refractivity contribution is 6.00. The first-order valence-corrected chi connectivity index (χ1v) is 5.64. The molecule has 2 aromatic carbocycles. The van der Waals surface area contributed by atoms with E-state index in [0.29, 0.717) is 0 Å². The lowest BCUT2D eigenvalue weighted by Gasteiger charge is -1.97. The zero-order valence-electron chi connectivity index (χ0n) is 9.93. The van der Waals surface area contributed by atoms with Gasteiger partial charge in [0, 0.05) is 0 Å². The molecule has 0 bridgehead atoms. The predicted octanol–water partition coefficient (Wildman–Crippen LogP) is 3.47. The van der Waals surface area contributed by atoms with Crippen LogP contribution in [0.5, 0.6) is 0 Å². The second-order valence-corrected chi connectivity index (χ2v) is 4.10. The molecule has 0 aliphatic heterocycles. The van der Waals surface area contributed by atoms with Gasteiger partial charge in [-0.2, -0.15) is 0 Å². The van der Waals surface area contributed by atoms with Gasteiger partial charge in [-0.25, -0.2) is 18.6 Å². The Morgan fingerprint density at radius 3 is 2.75 bits per heavy atom. The van der Waals surface area contributed by atoms with Crippen molar-refractivity contribution in [2.75, 3.05) is 0 Å². The number of rotatable bonds is 2. The summed E-state index contributed by atoms with van der Waals surface area (Å²) in [5.74, 6) is -2.67. The molecule has 4 nitrogen and oxygen atoms in total. The van der Waals surface area contributed by atoms with E-state index in [2.05, 4.69) is 4.98 Å². The van der Waals surface area contributed by atoms with Crippen LogP contribution in [-0.4, -0.2) is 16.1 Å². The fraction of sp³-hybridized carbons (Fsp3) is 0. The molecule has 20 heavy (non-hydrogen) atoms. The van der Waals surface area contributed by atoms with E-state index in [1.165, 1.54) is 18.2 Å². The Bertz CT molecular complexity index is 826. The summed E-state index contributed by atoms with van der Waals surface area (Å²) in [6.07, 6.45) is 0. The summed E-state index contributed by atoms with van der Waals surface area (Å²) in [5.41, 5.74) is 0.0778. The van der Waals surface area contributed by atoms with Crippen molar-refractivity contribution >= 4 is 17.1 Å². The number of hydrogen-bond acceptors (Lipinski definition) is 3. The number of aromatic carboxylic acids is 1. The highest BCUT2D eigenvalue weighted by Crippen LogP contribution is 2.28. The highest BCUT2D eigenvalue weighted by atomic mass is 19.1. The van der Waals surface area contributed by atoms with Gasteiger partial charge in [0.25, 0.3) is 0 Å². The van der Waals surface area contributed by atoms with Gasteiger partial charge in [-0.15, -0.1) is 0 Å². The molecular weight excluding hydrogens is 268 g/mol. The van der Waals surface area contributed by atoms with Gasteiger partial charge in [0.1, 0.15) is 17.2 Å². The summed E-state index contributed by atoms with van der Waals surface area (Å²) < 4.78 is 32.1. The minimum absolute atomic E-state index is 0.0608. The largest absolute Gasteiger partial charge is 0.478 e. The summed E-state index contributed by atoms with van der Waals surface area (Å²) >= 11 is 0. The highest BCUT2D eigenvalue weighted by Gasteiger charge is 2.17. The molecule has 0 atom stereocenters. The minimum Gasteiger partial charge on any atom is -0.478 e. The van der Waals surface area contributed by atoms with Crippen molar-refractivity contribution < 1.29 is 23.1 Å². The van der Waals surface area contributed by atoms with E-state index in [4.69, 9.17) is 9.52 Å². The lowest BCUT2D eigenvalue weighted by atomic mass is 10.2. The first kappa shape index (κ1) is 12.3. The quantitative estimate of drug-likeness (QED) is 0.777. The van der Waals surface area contributed by atoms with Crippen LogP contribution >= 0.6 is 0 Å². The van der Waals surface area contributed by atoms with Gasteiger partial charge >= 0.3 is 5.97 Å². The van der Waals surface area contributed by atoms with Gasteiger partial charge in [-0.1, -0.05) is 6.07 Å². The second-order valence-electron chi connectivity index (χ2n) is 4.10. The second kappa shape index (κ2) is 4.41. The predicted molar refractivity (Wildman–Crippen MR) is 66.3 cm³/mol. The number of fused-ring (bicyclic) bond motifs is 1. The number of nitrogens with zero attached hydrogens (tertiary/aromatic N) is 1. The molecule has 0 amide bonds. The molecule has 1 aromatic heterocycles. The first-order chi connectivity index (χ1) is 9.56. The van der Waals surface area contributed by atoms with Crippen molar-refractivity contribution in [1.29, 1.82) is 0 Å². The van der Waals surface area contributed by atoms with Crippen molar-refractivity contribution in [3.63, 3.8) is 0 Å². The molecule has 0 aliphatic carbocycles. The molecule has 0 saturated carbocycles. The van der Waals surface area contributed by atoms with Gasteiger partial charge in [0.2, 0.25) is 5.89 Å². The van der Waals surface area contributed by atoms with Gasteiger partial charge in [-0.05, 0) is 30.3 Å². The van der Waals surface area contributed by atoms with Crippen LogP contribution in [0.15, 0.2) is 40.8 Å². The monoisotopic (exact) mass is 275 g/mol. The van der Waals surface area contributed by atoms with Crippen LogP contribution in [0.25, 0.3) is 22.6 Å². The van der Waals surface area contributed by atoms with E-state index in [1.807, 2.05) is 0 Å². The molecule has 0 unspecified atom stereocenters. The molecule has 100 valence electrons. The van der Waals surface area contributed by atoms with E-state index in [-0.39, 0.29) is 28.1 Å². The molecule has 3 rings (SSSR count). The van der Waals surface area contributed by atoms with Crippen LogP contribution in [0.2, 0.25) is 0 Å². The molecular formula is C14H7F2NO3. The Morgan fingerprint density at radius 1 is 1.20 bits per heavy atom. The van der Waals surface area contributed by atoms with Crippen molar-refractivity contribution in [2.45, 2.75) is 0 Å². The van der Waals surface area contributed by atoms with E-state index >= 15 is 0 Å². The zero-order valence-corrected chi connectivity index (χ0v) is 9.93. The fourth-order valence-corrected chi connectivity index (χ4v) is 1.90. The number of carboxylic acids is 1. The van der Waals surface area contributed by atoms with Gasteiger partial charge in [0.05, 0.1) is 11.1 Å². The maximum Gasteiger partial charge on any atom is 0.338 e. The molecule has 0 radical (unpaired) electrons. The van der Waals surface area contributed by atoms with Crippen LogP contribution in [0.3, 0.4) is 0 Å². The molecule has 1 N–H and O–H groups in total. The van der Waals surface area contributed by atoms with Crippen molar-refractivity contribution in [3.8, 4) is 11.5 Å². The van der Waals surface area contributed by atoms with Crippen LogP contribution < -0.4 is 0 Å². The summed E-state index contributed by atoms with van der Waals surface area (Å²) in [4.78, 5) is 15.0. The Kier molecular flexibility index (Phi) is 2.71. The van der Waals surface area contributed by atoms with Crippen LogP contribution in [0.4, 0.5) is 8.78 Å². The zero-order chi connectivity index (χ0) is 14.3. The minimum atomic E-state index is -1.17. The van der Waals surface area contributed by atoms with E-state index in [9.17, 15) is 13.6 Å². The average molecular weight is 275 g/mol. The number of hydrogen-bond donors (Lipinski definition) is 1. The van der Waals surface area contributed by atoms with E-state index < -0.39 is 17.6 Å². The van der Waals surface area contributed by atoms with Crippen molar-refractivity contribution in [3.05, 3.63) is 53.6 Å². The first-order valence-electron chi connectivity index (χ1n) is 5.64. The molecule has 1 heterocycles. The summed E-state index contributed by atoms with van der Waals surface area (Å²) in [6.45, 7) is 0. The molecule has 0 saturated heterocycles. The SMILES string of the molecule is O=C(O)c1cccc2oc(-c3cc(F)ccc3F)nc12. The van der Waals surface area contributed by atoms with E-state index in [0.717, 1.165) is 18.2 Å². The third-order valence-corrected chi connectivity index (χ3v) is 2.81. The molecule has 0 aliphatic rings. The fourth-order valence-electron chi connectivity index (χ4n) is 1.90. The number of aromatic nitrogens is 1. The average Bonchev–Trinajstić information content (AvgIpc) is 2.84. The summed E-state index contributed by atoms with van der Waals surface area (Å²) in [7, 11) is 0. The molecule has 0 fully saturated rings. The third-order valence-electron chi connectivity index (χ3n) is 2.81. The lowest BCUT2D eigenvalue weighted by molar-refractivity contribution is 0.0699. The molecule has 3 aromatic rings. The van der Waals surface area contributed by atoms with Crippen molar-refractivity contribution in [2.24, 2.45) is 0 Å². The van der Waals surface area contributed by atoms with E-state index in [1.54, 1.807) is 0 Å². The summed E-state index contributed by atoms with van der Waals surface area (Å²) in [6, 6.07) is 7.24. The number of benzene rings is 2. The smallest absolute Gasteiger partial charge is 0.338 e. The number of carboxylic acid groups (broad SMARTS) is 1.